The van der Waals surface area contributed by atoms with Gasteiger partial charge in [0, 0.05) is 5.69 Å². The van der Waals surface area contributed by atoms with Crippen LogP contribution >= 0.6 is 15.9 Å². The molecule has 7 heteroatoms. The first-order valence-corrected chi connectivity index (χ1v) is 10.4. The van der Waals surface area contributed by atoms with E-state index in [1.54, 1.807) is 36.4 Å². The van der Waals surface area contributed by atoms with Gasteiger partial charge in [0.25, 0.3) is 5.91 Å². The number of rotatable bonds is 7. The summed E-state index contributed by atoms with van der Waals surface area (Å²) >= 11 is 3.44. The molecule has 3 aromatic rings. The smallest absolute Gasteiger partial charge is 0.266 e. The highest BCUT2D eigenvalue weighted by Crippen LogP contribution is 2.37. The lowest BCUT2D eigenvalue weighted by Crippen LogP contribution is -2.13. The number of amides is 1. The second kappa shape index (κ2) is 10.6. The average molecular weight is 495 g/mol. The van der Waals surface area contributed by atoms with Crippen molar-refractivity contribution in [2.24, 2.45) is 0 Å². The number of anilines is 1. The number of nitrogens with zero attached hydrogens (tertiary/aromatic N) is 1. The third-order valence-corrected chi connectivity index (χ3v) is 5.10. The Kier molecular flexibility index (Phi) is 7.63. The van der Waals surface area contributed by atoms with Crippen LogP contribution in [-0.4, -0.2) is 13.0 Å². The molecule has 0 aliphatic heterocycles. The van der Waals surface area contributed by atoms with Crippen molar-refractivity contribution < 1.29 is 18.7 Å². The predicted molar refractivity (Wildman–Crippen MR) is 125 cm³/mol. The molecule has 3 rings (SSSR count). The number of halogens is 2. The molecule has 0 saturated heterocycles. The minimum atomic E-state index is -0.516. The van der Waals surface area contributed by atoms with E-state index >= 15 is 0 Å². The average Bonchev–Trinajstić information content (AvgIpc) is 2.77. The molecule has 0 spiro atoms. The summed E-state index contributed by atoms with van der Waals surface area (Å²) in [5.41, 5.74) is 2.84. The maximum Gasteiger partial charge on any atom is 0.266 e. The van der Waals surface area contributed by atoms with Gasteiger partial charge in [0.2, 0.25) is 0 Å². The van der Waals surface area contributed by atoms with Crippen LogP contribution < -0.4 is 14.8 Å². The molecule has 0 atom stereocenters. The van der Waals surface area contributed by atoms with Gasteiger partial charge in [0.1, 0.15) is 24.1 Å². The van der Waals surface area contributed by atoms with E-state index in [-0.39, 0.29) is 18.0 Å². The molecule has 162 valence electrons. The van der Waals surface area contributed by atoms with E-state index in [1.165, 1.54) is 25.3 Å². The Hall–Kier alpha value is -3.63. The highest BCUT2D eigenvalue weighted by Gasteiger charge is 2.14. The molecular weight excluding hydrogens is 475 g/mol. The first-order chi connectivity index (χ1) is 15.4. The van der Waals surface area contributed by atoms with Crippen molar-refractivity contribution in [1.29, 1.82) is 5.26 Å². The lowest BCUT2D eigenvalue weighted by Gasteiger charge is -2.14. The second-order valence-electron chi connectivity index (χ2n) is 6.94. The summed E-state index contributed by atoms with van der Waals surface area (Å²) in [6, 6.07) is 18.7. The topological polar surface area (TPSA) is 71.3 Å². The standard InChI is InChI=1S/C25H20BrFN2O3/c1-16-6-8-21(9-7-16)29-25(30)19(14-28)10-18-12-22(26)24(23(13-18)31-2)32-15-17-4-3-5-20(27)11-17/h3-13H,15H2,1-2H3,(H,29,30)/b19-10+. The summed E-state index contributed by atoms with van der Waals surface area (Å²) < 4.78 is 25.2. The third kappa shape index (κ3) is 5.96. The van der Waals surface area contributed by atoms with E-state index in [4.69, 9.17) is 9.47 Å². The molecule has 32 heavy (non-hydrogen) atoms. The maximum atomic E-state index is 13.4. The predicted octanol–water partition coefficient (Wildman–Crippen LogP) is 6.03. The van der Waals surface area contributed by atoms with Crippen LogP contribution in [0.4, 0.5) is 10.1 Å². The second-order valence-corrected chi connectivity index (χ2v) is 7.80. The largest absolute Gasteiger partial charge is 0.493 e. The van der Waals surface area contributed by atoms with Gasteiger partial charge in [-0.2, -0.15) is 5.26 Å². The fourth-order valence-electron chi connectivity index (χ4n) is 2.90. The van der Waals surface area contributed by atoms with E-state index in [0.29, 0.717) is 32.8 Å². The Morgan fingerprint density at radius 2 is 1.94 bits per heavy atom. The number of ether oxygens (including phenoxy) is 2. The van der Waals surface area contributed by atoms with Crippen LogP contribution in [0, 0.1) is 24.1 Å². The van der Waals surface area contributed by atoms with Gasteiger partial charge in [-0.15, -0.1) is 0 Å². The molecule has 0 aliphatic rings. The van der Waals surface area contributed by atoms with Crippen molar-refractivity contribution in [3.8, 4) is 17.6 Å². The van der Waals surface area contributed by atoms with Crippen LogP contribution in [0.15, 0.2) is 70.7 Å². The molecule has 0 radical (unpaired) electrons. The van der Waals surface area contributed by atoms with E-state index in [9.17, 15) is 14.4 Å². The summed E-state index contributed by atoms with van der Waals surface area (Å²) in [5, 5.41) is 12.2. The Balaban J connectivity index is 1.81. The maximum absolute atomic E-state index is 13.4. The molecule has 0 saturated carbocycles. The van der Waals surface area contributed by atoms with Crippen LogP contribution in [0.1, 0.15) is 16.7 Å². The summed E-state index contributed by atoms with van der Waals surface area (Å²) in [6.07, 6.45) is 1.47. The summed E-state index contributed by atoms with van der Waals surface area (Å²) in [4.78, 5) is 12.5. The van der Waals surface area contributed by atoms with Crippen molar-refractivity contribution >= 4 is 33.6 Å². The molecule has 0 aromatic heterocycles. The number of carbonyl (C=O) groups excluding carboxylic acids is 1. The quantitative estimate of drug-likeness (QED) is 0.321. The first kappa shape index (κ1) is 23.0. The summed E-state index contributed by atoms with van der Waals surface area (Å²) in [5.74, 6) is -0.0294. The SMILES string of the molecule is COc1cc(/C=C(\C#N)C(=O)Nc2ccc(C)cc2)cc(Br)c1OCc1cccc(F)c1. The van der Waals surface area contributed by atoms with Crippen molar-refractivity contribution in [3.63, 3.8) is 0 Å². The molecular formula is C25H20BrFN2O3. The monoisotopic (exact) mass is 494 g/mol. The molecule has 1 N–H and O–H groups in total. The number of carbonyl (C=O) groups is 1. The van der Waals surface area contributed by atoms with Gasteiger partial charge in [-0.1, -0.05) is 29.8 Å². The molecule has 5 nitrogen and oxygen atoms in total. The number of hydrogen-bond donors (Lipinski definition) is 1. The Bertz CT molecular complexity index is 1200. The first-order valence-electron chi connectivity index (χ1n) is 9.64. The van der Waals surface area contributed by atoms with Crippen molar-refractivity contribution in [2.75, 3.05) is 12.4 Å². The van der Waals surface area contributed by atoms with E-state index in [0.717, 1.165) is 5.56 Å². The fraction of sp³-hybridized carbons (Fsp3) is 0.120. The number of nitrogens with one attached hydrogen (secondary N) is 1. The van der Waals surface area contributed by atoms with Crippen molar-refractivity contribution in [2.45, 2.75) is 13.5 Å². The molecule has 0 bridgehead atoms. The highest BCUT2D eigenvalue weighted by atomic mass is 79.9. The third-order valence-electron chi connectivity index (χ3n) is 4.51. The summed E-state index contributed by atoms with van der Waals surface area (Å²) in [7, 11) is 1.49. The van der Waals surface area contributed by atoms with Crippen molar-refractivity contribution in [3.05, 3.63) is 93.2 Å². The van der Waals surface area contributed by atoms with Gasteiger partial charge in [-0.05, 0) is 76.5 Å². The number of aryl methyl sites for hydroxylation is 1. The lowest BCUT2D eigenvalue weighted by atomic mass is 10.1. The Morgan fingerprint density at radius 1 is 1.19 bits per heavy atom. The van der Waals surface area contributed by atoms with Gasteiger partial charge in [0.05, 0.1) is 11.6 Å². The number of methoxy groups -OCH3 is 1. The van der Waals surface area contributed by atoms with Gasteiger partial charge >= 0.3 is 0 Å². The van der Waals surface area contributed by atoms with Crippen LogP contribution in [0.3, 0.4) is 0 Å². The van der Waals surface area contributed by atoms with Gasteiger partial charge < -0.3 is 14.8 Å². The van der Waals surface area contributed by atoms with E-state index in [1.807, 2.05) is 25.1 Å². The van der Waals surface area contributed by atoms with Crippen LogP contribution in [0.5, 0.6) is 11.5 Å². The molecule has 3 aromatic carbocycles. The Labute approximate surface area is 194 Å². The van der Waals surface area contributed by atoms with Crippen molar-refractivity contribution in [1.82, 2.24) is 0 Å². The minimum absolute atomic E-state index is 0.0621. The van der Waals surface area contributed by atoms with Crippen LogP contribution in [0.2, 0.25) is 0 Å². The van der Waals surface area contributed by atoms with Crippen LogP contribution in [-0.2, 0) is 11.4 Å². The molecule has 0 fully saturated rings. The van der Waals surface area contributed by atoms with Gasteiger partial charge in [-0.25, -0.2) is 4.39 Å². The zero-order chi connectivity index (χ0) is 23.1. The minimum Gasteiger partial charge on any atom is -0.493 e. The zero-order valence-corrected chi connectivity index (χ0v) is 19.1. The lowest BCUT2D eigenvalue weighted by molar-refractivity contribution is -0.112. The van der Waals surface area contributed by atoms with Crippen LogP contribution in [0.25, 0.3) is 6.08 Å². The van der Waals surface area contributed by atoms with Gasteiger partial charge in [-0.3, -0.25) is 4.79 Å². The highest BCUT2D eigenvalue weighted by molar-refractivity contribution is 9.10. The number of hydrogen-bond acceptors (Lipinski definition) is 4. The number of nitriles is 1. The van der Waals surface area contributed by atoms with Gasteiger partial charge in [0.15, 0.2) is 11.5 Å². The Morgan fingerprint density at radius 3 is 2.59 bits per heavy atom. The zero-order valence-electron chi connectivity index (χ0n) is 17.5. The molecule has 0 unspecified atom stereocenters. The number of benzene rings is 3. The molecule has 0 aliphatic carbocycles. The van der Waals surface area contributed by atoms with E-state index in [2.05, 4.69) is 21.2 Å². The van der Waals surface area contributed by atoms with E-state index < -0.39 is 5.91 Å². The molecule has 0 heterocycles. The normalized spacial score (nSPS) is 10.9. The molecule has 1 amide bonds. The summed E-state index contributed by atoms with van der Waals surface area (Å²) in [6.45, 7) is 2.09. The fourth-order valence-corrected chi connectivity index (χ4v) is 3.47.